The molecule has 0 aliphatic carbocycles. The molecular weight excluding hydrogens is 288 g/mol. The van der Waals surface area contributed by atoms with E-state index in [2.05, 4.69) is 25.1 Å². The van der Waals surface area contributed by atoms with E-state index in [1.54, 1.807) is 12.3 Å². The van der Waals surface area contributed by atoms with Crippen LogP contribution >= 0.6 is 0 Å². The molecule has 0 unspecified atom stereocenters. The summed E-state index contributed by atoms with van der Waals surface area (Å²) in [6, 6.07) is 17.1. The van der Waals surface area contributed by atoms with Crippen LogP contribution in [0, 0.1) is 17.2 Å². The summed E-state index contributed by atoms with van der Waals surface area (Å²) < 4.78 is 5.63. The van der Waals surface area contributed by atoms with E-state index in [4.69, 9.17) is 14.8 Å². The fraction of sp³-hybridized carbons (Fsp3) is 0.263. The summed E-state index contributed by atoms with van der Waals surface area (Å²) in [5.41, 5.74) is 2.36. The molecule has 0 saturated carbocycles. The minimum absolute atomic E-state index is 0.274. The Morgan fingerprint density at radius 3 is 2.57 bits per heavy atom. The zero-order chi connectivity index (χ0) is 16.5. The molecule has 4 heteroatoms. The summed E-state index contributed by atoms with van der Waals surface area (Å²) in [5, 5.41) is 12.9. The zero-order valence-electron chi connectivity index (χ0n) is 13.4. The lowest BCUT2D eigenvalue weighted by Crippen LogP contribution is -2.04. The van der Waals surface area contributed by atoms with Crippen LogP contribution in [-0.4, -0.2) is 12.8 Å². The van der Waals surface area contributed by atoms with Crippen molar-refractivity contribution >= 4 is 6.21 Å². The molecule has 0 aliphatic heterocycles. The number of benzene rings is 2. The van der Waals surface area contributed by atoms with Crippen molar-refractivity contribution in [3.63, 3.8) is 0 Å². The number of nitriles is 1. The third-order valence-electron chi connectivity index (χ3n) is 3.10. The van der Waals surface area contributed by atoms with Gasteiger partial charge < -0.3 is 9.57 Å². The van der Waals surface area contributed by atoms with Crippen LogP contribution in [0.15, 0.2) is 53.7 Å². The second kappa shape index (κ2) is 8.60. The van der Waals surface area contributed by atoms with Crippen LogP contribution in [0.4, 0.5) is 0 Å². The number of hydrogen-bond acceptors (Lipinski definition) is 4. The van der Waals surface area contributed by atoms with Crippen molar-refractivity contribution in [2.75, 3.05) is 6.61 Å². The number of ether oxygens (including phenoxy) is 1. The van der Waals surface area contributed by atoms with Gasteiger partial charge in [-0.2, -0.15) is 5.26 Å². The first-order valence-electron chi connectivity index (χ1n) is 7.55. The predicted molar refractivity (Wildman–Crippen MR) is 90.3 cm³/mol. The molecule has 0 amide bonds. The van der Waals surface area contributed by atoms with Crippen molar-refractivity contribution in [2.45, 2.75) is 20.5 Å². The van der Waals surface area contributed by atoms with E-state index >= 15 is 0 Å². The highest BCUT2D eigenvalue weighted by molar-refractivity contribution is 5.79. The van der Waals surface area contributed by atoms with Gasteiger partial charge in [0.2, 0.25) is 0 Å². The molecule has 23 heavy (non-hydrogen) atoms. The van der Waals surface area contributed by atoms with Gasteiger partial charge in [0.1, 0.15) is 12.4 Å². The van der Waals surface area contributed by atoms with E-state index in [9.17, 15) is 0 Å². The van der Waals surface area contributed by atoms with Gasteiger partial charge in [0.25, 0.3) is 0 Å². The highest BCUT2D eigenvalue weighted by atomic mass is 16.6. The summed E-state index contributed by atoms with van der Waals surface area (Å²) in [6.07, 6.45) is 1.64. The van der Waals surface area contributed by atoms with Gasteiger partial charge in [-0.15, -0.1) is 0 Å². The molecule has 2 aromatic carbocycles. The van der Waals surface area contributed by atoms with Crippen LogP contribution in [0.3, 0.4) is 0 Å². The van der Waals surface area contributed by atoms with Gasteiger partial charge in [-0.1, -0.05) is 37.2 Å². The van der Waals surface area contributed by atoms with Crippen LogP contribution in [0.2, 0.25) is 0 Å². The average molecular weight is 308 g/mol. The van der Waals surface area contributed by atoms with Gasteiger partial charge in [0, 0.05) is 5.56 Å². The first-order valence-corrected chi connectivity index (χ1v) is 7.55. The molecule has 2 aromatic rings. The molecule has 2 rings (SSSR count). The maximum atomic E-state index is 9.00. The van der Waals surface area contributed by atoms with Crippen LogP contribution < -0.4 is 4.74 Å². The van der Waals surface area contributed by atoms with Crippen molar-refractivity contribution in [1.82, 2.24) is 0 Å². The topological polar surface area (TPSA) is 54.6 Å². The SMILES string of the molecule is CC(C)COc1ccc(/C=N\OCc2ccccc2C#N)cc1. The molecule has 0 aromatic heterocycles. The Bertz CT molecular complexity index is 685. The van der Waals surface area contributed by atoms with Gasteiger partial charge >= 0.3 is 0 Å². The summed E-state index contributed by atoms with van der Waals surface area (Å²) in [7, 11) is 0. The van der Waals surface area contributed by atoms with E-state index in [1.807, 2.05) is 42.5 Å². The second-order valence-corrected chi connectivity index (χ2v) is 5.55. The third-order valence-corrected chi connectivity index (χ3v) is 3.10. The van der Waals surface area contributed by atoms with E-state index in [0.29, 0.717) is 18.1 Å². The Hall–Kier alpha value is -2.80. The zero-order valence-corrected chi connectivity index (χ0v) is 13.4. The number of nitrogens with zero attached hydrogens (tertiary/aromatic N) is 2. The fourth-order valence-corrected chi connectivity index (χ4v) is 1.87. The van der Waals surface area contributed by atoms with Crippen LogP contribution in [-0.2, 0) is 11.4 Å². The maximum Gasteiger partial charge on any atom is 0.143 e. The van der Waals surface area contributed by atoms with Crippen molar-refractivity contribution in [2.24, 2.45) is 11.1 Å². The third kappa shape index (κ3) is 5.48. The number of hydrogen-bond donors (Lipinski definition) is 0. The molecule has 0 heterocycles. The summed E-state index contributed by atoms with van der Waals surface area (Å²) in [5.74, 6) is 1.35. The molecule has 0 atom stereocenters. The number of rotatable bonds is 7. The molecule has 0 aliphatic rings. The molecular formula is C19H20N2O2. The maximum absolute atomic E-state index is 9.00. The smallest absolute Gasteiger partial charge is 0.143 e. The Morgan fingerprint density at radius 2 is 1.87 bits per heavy atom. The Labute approximate surface area is 137 Å². The molecule has 0 saturated heterocycles. The Morgan fingerprint density at radius 1 is 1.13 bits per heavy atom. The minimum Gasteiger partial charge on any atom is -0.493 e. The molecule has 0 N–H and O–H groups in total. The van der Waals surface area contributed by atoms with Crippen molar-refractivity contribution in [1.29, 1.82) is 5.26 Å². The highest BCUT2D eigenvalue weighted by Gasteiger charge is 2.00. The summed E-state index contributed by atoms with van der Waals surface area (Å²) in [4.78, 5) is 5.26. The molecule has 0 bridgehead atoms. The highest BCUT2D eigenvalue weighted by Crippen LogP contribution is 2.13. The fourth-order valence-electron chi connectivity index (χ4n) is 1.87. The van der Waals surface area contributed by atoms with Crippen molar-refractivity contribution < 1.29 is 9.57 Å². The lowest BCUT2D eigenvalue weighted by Gasteiger charge is -2.08. The largest absolute Gasteiger partial charge is 0.493 e. The number of oxime groups is 1. The quantitative estimate of drug-likeness (QED) is 0.570. The lowest BCUT2D eigenvalue weighted by molar-refractivity contribution is 0.132. The summed E-state index contributed by atoms with van der Waals surface area (Å²) in [6.45, 7) is 5.20. The average Bonchev–Trinajstić information content (AvgIpc) is 2.58. The van der Waals surface area contributed by atoms with Crippen molar-refractivity contribution in [3.8, 4) is 11.8 Å². The molecule has 0 fully saturated rings. The van der Waals surface area contributed by atoms with E-state index in [1.165, 1.54) is 0 Å². The van der Waals surface area contributed by atoms with E-state index in [-0.39, 0.29) is 6.61 Å². The van der Waals surface area contributed by atoms with Gasteiger partial charge in [0.05, 0.1) is 24.5 Å². The summed E-state index contributed by atoms with van der Waals surface area (Å²) >= 11 is 0. The van der Waals surface area contributed by atoms with Gasteiger partial charge in [-0.3, -0.25) is 0 Å². The standard InChI is InChI=1S/C19H20N2O2/c1-15(2)13-22-19-9-7-16(8-10-19)12-21-23-14-18-6-4-3-5-17(18)11-20/h3-10,12,15H,13-14H2,1-2H3/b21-12-. The van der Waals surface area contributed by atoms with Gasteiger partial charge in [0.15, 0.2) is 0 Å². The Kier molecular flexibility index (Phi) is 6.19. The molecule has 0 radical (unpaired) electrons. The minimum atomic E-state index is 0.274. The van der Waals surface area contributed by atoms with E-state index in [0.717, 1.165) is 16.9 Å². The first kappa shape index (κ1) is 16.6. The van der Waals surface area contributed by atoms with Crippen molar-refractivity contribution in [3.05, 3.63) is 65.2 Å². The van der Waals surface area contributed by atoms with E-state index < -0.39 is 0 Å². The van der Waals surface area contributed by atoms with Gasteiger partial charge in [-0.25, -0.2) is 0 Å². The monoisotopic (exact) mass is 308 g/mol. The first-order chi connectivity index (χ1) is 11.2. The second-order valence-electron chi connectivity index (χ2n) is 5.55. The molecule has 118 valence electrons. The van der Waals surface area contributed by atoms with Crippen LogP contribution in [0.25, 0.3) is 0 Å². The molecule has 4 nitrogen and oxygen atoms in total. The van der Waals surface area contributed by atoms with Gasteiger partial charge in [-0.05, 0) is 41.8 Å². The van der Waals surface area contributed by atoms with Crippen LogP contribution in [0.5, 0.6) is 5.75 Å². The normalized spacial score (nSPS) is 10.7. The molecule has 0 spiro atoms. The predicted octanol–water partition coefficient (Wildman–Crippen LogP) is 4.14. The lowest BCUT2D eigenvalue weighted by atomic mass is 10.1. The Balaban J connectivity index is 1.85. The van der Waals surface area contributed by atoms with Crippen LogP contribution in [0.1, 0.15) is 30.5 Å².